The van der Waals surface area contributed by atoms with Crippen LogP contribution in [0.15, 0.2) is 48.5 Å². The van der Waals surface area contributed by atoms with Gasteiger partial charge in [-0.15, -0.1) is 0 Å². The van der Waals surface area contributed by atoms with Gasteiger partial charge in [0.05, 0.1) is 18.8 Å². The minimum atomic E-state index is -0.973. The molecule has 1 saturated heterocycles. The van der Waals surface area contributed by atoms with Crippen molar-refractivity contribution in [2.75, 3.05) is 36.5 Å². The van der Waals surface area contributed by atoms with Crippen molar-refractivity contribution in [1.29, 1.82) is 0 Å². The summed E-state index contributed by atoms with van der Waals surface area (Å²) in [5.74, 6) is -1.14. The number of hydrogen-bond donors (Lipinski definition) is 2. The van der Waals surface area contributed by atoms with Crippen molar-refractivity contribution in [3.63, 3.8) is 0 Å². The summed E-state index contributed by atoms with van der Waals surface area (Å²) in [6.45, 7) is 4.60. The van der Waals surface area contributed by atoms with Gasteiger partial charge in [0, 0.05) is 24.5 Å². The first-order valence-electron chi connectivity index (χ1n) is 8.76. The molecule has 2 aromatic rings. The summed E-state index contributed by atoms with van der Waals surface area (Å²) in [7, 11) is 0. The third-order valence-corrected chi connectivity index (χ3v) is 4.25. The lowest BCUT2D eigenvalue weighted by Crippen LogP contribution is -2.36. The molecule has 0 bridgehead atoms. The maximum Gasteiger partial charge on any atom is 0.339 e. The van der Waals surface area contributed by atoms with Crippen LogP contribution in [0, 0.1) is 0 Å². The van der Waals surface area contributed by atoms with Crippen LogP contribution in [0.25, 0.3) is 0 Å². The molecule has 0 aromatic heterocycles. The molecule has 0 aliphatic carbocycles. The van der Waals surface area contributed by atoms with Gasteiger partial charge in [-0.05, 0) is 49.4 Å². The number of anilines is 2. The quantitative estimate of drug-likeness (QED) is 0.786. The molecule has 0 spiro atoms. The maximum absolute atomic E-state index is 12.3. The van der Waals surface area contributed by atoms with Crippen LogP contribution >= 0.6 is 0 Å². The standard InChI is InChI=1S/C20H22N2O5/c1-14(27-20(25)15-3-2-4-18(23)13-15)19(24)21-16-5-7-17(8-6-16)22-9-11-26-12-10-22/h2-8,13-14,23H,9-12H2,1H3,(H,21,24)/t14-/m1/s1. The van der Waals surface area contributed by atoms with Crippen molar-refractivity contribution in [1.82, 2.24) is 0 Å². The van der Waals surface area contributed by atoms with Crippen LogP contribution in [0.1, 0.15) is 17.3 Å². The van der Waals surface area contributed by atoms with Crippen molar-refractivity contribution in [3.8, 4) is 5.75 Å². The summed E-state index contributed by atoms with van der Waals surface area (Å²) in [5, 5.41) is 12.2. The largest absolute Gasteiger partial charge is 0.508 e. The number of aromatic hydroxyl groups is 1. The van der Waals surface area contributed by atoms with Crippen molar-refractivity contribution in [2.45, 2.75) is 13.0 Å². The van der Waals surface area contributed by atoms with E-state index >= 15 is 0 Å². The maximum atomic E-state index is 12.3. The molecule has 1 heterocycles. The fraction of sp³-hybridized carbons (Fsp3) is 0.300. The van der Waals surface area contributed by atoms with E-state index in [9.17, 15) is 14.7 Å². The smallest absolute Gasteiger partial charge is 0.339 e. The van der Waals surface area contributed by atoms with Crippen LogP contribution in [-0.2, 0) is 14.3 Å². The number of nitrogens with zero attached hydrogens (tertiary/aromatic N) is 1. The van der Waals surface area contributed by atoms with Crippen molar-refractivity contribution < 1.29 is 24.2 Å². The van der Waals surface area contributed by atoms with Gasteiger partial charge in [-0.25, -0.2) is 4.79 Å². The number of carbonyl (C=O) groups excluding carboxylic acids is 2. The average Bonchev–Trinajstić information content (AvgIpc) is 2.69. The van der Waals surface area contributed by atoms with E-state index in [2.05, 4.69) is 10.2 Å². The number of rotatable bonds is 5. The van der Waals surface area contributed by atoms with E-state index in [4.69, 9.17) is 9.47 Å². The molecular weight excluding hydrogens is 348 g/mol. The van der Waals surface area contributed by atoms with E-state index in [1.165, 1.54) is 31.2 Å². The van der Waals surface area contributed by atoms with E-state index in [1.807, 2.05) is 24.3 Å². The van der Waals surface area contributed by atoms with Crippen LogP contribution in [0.4, 0.5) is 11.4 Å². The highest BCUT2D eigenvalue weighted by Gasteiger charge is 2.19. The predicted octanol–water partition coefficient (Wildman–Crippen LogP) is 2.41. The first kappa shape index (κ1) is 18.7. The second-order valence-electron chi connectivity index (χ2n) is 6.23. The minimum Gasteiger partial charge on any atom is -0.508 e. The Morgan fingerprint density at radius 2 is 1.85 bits per heavy atom. The number of carbonyl (C=O) groups is 2. The highest BCUT2D eigenvalue weighted by molar-refractivity contribution is 5.97. The Labute approximate surface area is 157 Å². The molecule has 7 heteroatoms. The van der Waals surface area contributed by atoms with Crippen LogP contribution < -0.4 is 10.2 Å². The Morgan fingerprint density at radius 3 is 2.52 bits per heavy atom. The highest BCUT2D eigenvalue weighted by Crippen LogP contribution is 2.19. The van der Waals surface area contributed by atoms with Crippen molar-refractivity contribution in [2.24, 2.45) is 0 Å². The van der Waals surface area contributed by atoms with E-state index < -0.39 is 18.0 Å². The summed E-state index contributed by atoms with van der Waals surface area (Å²) in [6, 6.07) is 13.3. The van der Waals surface area contributed by atoms with Crippen LogP contribution in [-0.4, -0.2) is 49.4 Å². The molecule has 2 aromatic carbocycles. The number of ether oxygens (including phenoxy) is 2. The van der Waals surface area contributed by atoms with Crippen LogP contribution in [0.3, 0.4) is 0 Å². The van der Waals surface area contributed by atoms with Crippen LogP contribution in [0.2, 0.25) is 0 Å². The van der Waals surface area contributed by atoms with Gasteiger partial charge < -0.3 is 24.8 Å². The average molecular weight is 370 g/mol. The number of morpholine rings is 1. The van der Waals surface area contributed by atoms with E-state index in [-0.39, 0.29) is 11.3 Å². The topological polar surface area (TPSA) is 88.1 Å². The van der Waals surface area contributed by atoms with Gasteiger partial charge in [0.1, 0.15) is 5.75 Å². The fourth-order valence-electron chi connectivity index (χ4n) is 2.74. The molecule has 2 N–H and O–H groups in total. The Kier molecular flexibility index (Phi) is 5.93. The zero-order valence-electron chi connectivity index (χ0n) is 15.1. The second kappa shape index (κ2) is 8.55. The molecule has 1 amide bonds. The molecule has 1 aliphatic rings. The summed E-state index contributed by atoms with van der Waals surface area (Å²) in [5.41, 5.74) is 1.88. The molecule has 3 rings (SSSR count). The van der Waals surface area contributed by atoms with Crippen molar-refractivity contribution >= 4 is 23.3 Å². The number of phenols is 1. The lowest BCUT2D eigenvalue weighted by molar-refractivity contribution is -0.123. The summed E-state index contributed by atoms with van der Waals surface area (Å²) < 4.78 is 10.5. The SMILES string of the molecule is C[C@@H](OC(=O)c1cccc(O)c1)C(=O)Nc1ccc(N2CCOCC2)cc1. The van der Waals surface area contributed by atoms with Gasteiger partial charge in [0.15, 0.2) is 6.10 Å². The zero-order chi connectivity index (χ0) is 19.2. The summed E-state index contributed by atoms with van der Waals surface area (Å²) in [6.07, 6.45) is -0.973. The first-order valence-corrected chi connectivity index (χ1v) is 8.76. The number of amides is 1. The van der Waals surface area contributed by atoms with Gasteiger partial charge in [-0.2, -0.15) is 0 Å². The monoisotopic (exact) mass is 370 g/mol. The molecule has 1 atom stereocenters. The van der Waals surface area contributed by atoms with Gasteiger partial charge in [-0.3, -0.25) is 4.79 Å². The lowest BCUT2D eigenvalue weighted by atomic mass is 10.2. The van der Waals surface area contributed by atoms with E-state index in [0.717, 1.165) is 18.8 Å². The Hall–Kier alpha value is -3.06. The Bertz CT molecular complexity index is 800. The molecule has 0 unspecified atom stereocenters. The summed E-state index contributed by atoms with van der Waals surface area (Å²) >= 11 is 0. The van der Waals surface area contributed by atoms with Gasteiger partial charge in [0.25, 0.3) is 5.91 Å². The number of hydrogen-bond acceptors (Lipinski definition) is 6. The Balaban J connectivity index is 1.55. The van der Waals surface area contributed by atoms with Gasteiger partial charge in [0.2, 0.25) is 0 Å². The lowest BCUT2D eigenvalue weighted by Gasteiger charge is -2.28. The number of esters is 1. The third-order valence-electron chi connectivity index (χ3n) is 4.25. The molecule has 142 valence electrons. The molecule has 1 fully saturated rings. The molecule has 7 nitrogen and oxygen atoms in total. The van der Waals surface area contributed by atoms with E-state index in [1.54, 1.807) is 0 Å². The van der Waals surface area contributed by atoms with E-state index in [0.29, 0.717) is 18.9 Å². The molecule has 27 heavy (non-hydrogen) atoms. The number of benzene rings is 2. The highest BCUT2D eigenvalue weighted by atomic mass is 16.5. The zero-order valence-corrected chi connectivity index (χ0v) is 15.1. The van der Waals surface area contributed by atoms with Gasteiger partial charge in [-0.1, -0.05) is 6.07 Å². The predicted molar refractivity (Wildman–Crippen MR) is 101 cm³/mol. The van der Waals surface area contributed by atoms with Gasteiger partial charge >= 0.3 is 5.97 Å². The first-order chi connectivity index (χ1) is 13.0. The molecule has 0 radical (unpaired) electrons. The second-order valence-corrected chi connectivity index (χ2v) is 6.23. The van der Waals surface area contributed by atoms with Crippen molar-refractivity contribution in [3.05, 3.63) is 54.1 Å². The number of phenolic OH excluding ortho intramolecular Hbond substituents is 1. The normalized spacial score (nSPS) is 15.1. The molecular formula is C20H22N2O5. The fourth-order valence-corrected chi connectivity index (χ4v) is 2.74. The third kappa shape index (κ3) is 4.98. The molecule has 1 aliphatic heterocycles. The molecule has 0 saturated carbocycles. The Morgan fingerprint density at radius 1 is 1.15 bits per heavy atom. The van der Waals surface area contributed by atoms with Crippen LogP contribution in [0.5, 0.6) is 5.75 Å². The number of nitrogens with one attached hydrogen (secondary N) is 1. The summed E-state index contributed by atoms with van der Waals surface area (Å²) in [4.78, 5) is 26.5. The minimum absolute atomic E-state index is 0.0399.